The van der Waals surface area contributed by atoms with Gasteiger partial charge < -0.3 is 14.2 Å². The number of nitrogens with zero attached hydrogens (tertiary/aromatic N) is 2. The summed E-state index contributed by atoms with van der Waals surface area (Å²) in [6.45, 7) is 2.06. The maximum atomic E-state index is 6.55. The molecule has 5 nitrogen and oxygen atoms in total. The first-order valence-electron chi connectivity index (χ1n) is 10.3. The highest BCUT2D eigenvalue weighted by atomic mass is 35.5. The molecule has 32 heavy (non-hydrogen) atoms. The predicted molar refractivity (Wildman–Crippen MR) is 126 cm³/mol. The molecule has 0 fully saturated rings. The molecule has 0 aliphatic carbocycles. The summed E-state index contributed by atoms with van der Waals surface area (Å²) < 4.78 is 17.3. The minimum Gasteiger partial charge on any atom is -0.493 e. The molecule has 2 heterocycles. The molecule has 0 amide bonds. The van der Waals surface area contributed by atoms with E-state index in [0.717, 1.165) is 22.4 Å². The molecule has 0 radical (unpaired) electrons. The fourth-order valence-corrected chi connectivity index (χ4v) is 4.81. The molecule has 2 atom stereocenters. The first-order valence-corrected chi connectivity index (χ1v) is 11.0. The third-order valence-electron chi connectivity index (χ3n) is 5.89. The largest absolute Gasteiger partial charge is 0.493 e. The third-order valence-corrected chi connectivity index (χ3v) is 6.39. The lowest BCUT2D eigenvalue weighted by Crippen LogP contribution is -2.33. The maximum Gasteiger partial charge on any atom is 0.213 e. The summed E-state index contributed by atoms with van der Waals surface area (Å²) in [7, 11) is 3.25. The van der Waals surface area contributed by atoms with Crippen LogP contribution in [0.4, 0.5) is 0 Å². The summed E-state index contributed by atoms with van der Waals surface area (Å²) in [6.07, 6.45) is 0.287. The number of ether oxygens (including phenoxy) is 3. The Bertz CT molecular complexity index is 1210. The van der Waals surface area contributed by atoms with Crippen LogP contribution < -0.4 is 14.2 Å². The Morgan fingerprint density at radius 2 is 1.72 bits per heavy atom. The van der Waals surface area contributed by atoms with E-state index in [-0.39, 0.29) is 6.04 Å². The SMILES string of the molecule is COc1ccc(C2=NN3[C@H](C2)c2cc(Cl)cc(Cl)c2O[C@@H]3c2ccc(C)cc2)cc1OC. The lowest BCUT2D eigenvalue weighted by molar-refractivity contribution is -0.0189. The van der Waals surface area contributed by atoms with Gasteiger partial charge in [-0.1, -0.05) is 53.0 Å². The van der Waals surface area contributed by atoms with Crippen molar-refractivity contribution in [3.05, 3.63) is 86.9 Å². The van der Waals surface area contributed by atoms with Gasteiger partial charge in [-0.15, -0.1) is 0 Å². The van der Waals surface area contributed by atoms with Gasteiger partial charge in [0.2, 0.25) is 6.23 Å². The molecule has 2 aliphatic heterocycles. The number of hydrogen-bond donors (Lipinski definition) is 0. The fourth-order valence-electron chi connectivity index (χ4n) is 4.26. The van der Waals surface area contributed by atoms with E-state index in [1.54, 1.807) is 20.3 Å². The van der Waals surface area contributed by atoms with Gasteiger partial charge in [-0.25, -0.2) is 5.01 Å². The van der Waals surface area contributed by atoms with Crippen LogP contribution in [0.15, 0.2) is 59.7 Å². The molecular weight excluding hydrogens is 447 g/mol. The van der Waals surface area contributed by atoms with Crippen molar-refractivity contribution in [1.29, 1.82) is 0 Å². The molecule has 3 aromatic rings. The van der Waals surface area contributed by atoms with Crippen LogP contribution in [-0.4, -0.2) is 24.9 Å². The van der Waals surface area contributed by atoms with Gasteiger partial charge in [-0.3, -0.25) is 0 Å². The van der Waals surface area contributed by atoms with Crippen LogP contribution in [0.1, 0.15) is 40.9 Å². The molecule has 2 aliphatic rings. The highest BCUT2D eigenvalue weighted by molar-refractivity contribution is 6.35. The minimum absolute atomic E-state index is 0.0515. The van der Waals surface area contributed by atoms with Crippen LogP contribution in [0, 0.1) is 6.92 Å². The number of hydrogen-bond acceptors (Lipinski definition) is 5. The number of rotatable bonds is 4. The van der Waals surface area contributed by atoms with Crippen LogP contribution >= 0.6 is 23.2 Å². The standard InChI is InChI=1S/C25H22Cl2N2O3/c1-14-4-6-15(7-5-14)25-29-21(18-11-17(26)12-19(27)24(18)32-25)13-20(28-29)16-8-9-22(30-2)23(10-16)31-3/h4-12,21,25H,13H2,1-3H3/t21-,25-/m1/s1. The van der Waals surface area contributed by atoms with E-state index in [0.29, 0.717) is 33.7 Å². The number of aryl methyl sites for hydroxylation is 1. The number of fused-ring (bicyclic) bond motifs is 3. The fraction of sp³-hybridized carbons (Fsp3) is 0.240. The number of methoxy groups -OCH3 is 2. The van der Waals surface area contributed by atoms with Crippen molar-refractivity contribution in [2.24, 2.45) is 5.10 Å². The van der Waals surface area contributed by atoms with Crippen molar-refractivity contribution in [1.82, 2.24) is 5.01 Å². The molecular formula is C25H22Cl2N2O3. The average molecular weight is 469 g/mol. The number of benzene rings is 3. The van der Waals surface area contributed by atoms with Gasteiger partial charge in [0.1, 0.15) is 5.75 Å². The van der Waals surface area contributed by atoms with Crippen LogP contribution in [-0.2, 0) is 0 Å². The Labute approximate surface area is 197 Å². The smallest absolute Gasteiger partial charge is 0.213 e. The maximum absolute atomic E-state index is 6.55. The lowest BCUT2D eigenvalue weighted by atomic mass is 9.95. The molecule has 0 N–H and O–H groups in total. The average Bonchev–Trinajstić information content (AvgIpc) is 3.25. The van der Waals surface area contributed by atoms with Crippen LogP contribution in [0.5, 0.6) is 17.2 Å². The topological polar surface area (TPSA) is 43.3 Å². The Balaban J connectivity index is 1.61. The van der Waals surface area contributed by atoms with Crippen molar-refractivity contribution in [2.75, 3.05) is 14.2 Å². The van der Waals surface area contributed by atoms with E-state index in [4.69, 9.17) is 42.5 Å². The van der Waals surface area contributed by atoms with Gasteiger partial charge in [-0.05, 0) is 37.3 Å². The molecule has 7 heteroatoms. The summed E-state index contributed by atoms with van der Waals surface area (Å²) in [5.74, 6) is 2.00. The summed E-state index contributed by atoms with van der Waals surface area (Å²) in [6, 6.07) is 17.7. The third kappa shape index (κ3) is 3.55. The zero-order valence-corrected chi connectivity index (χ0v) is 19.4. The van der Waals surface area contributed by atoms with Crippen molar-refractivity contribution in [3.8, 4) is 17.2 Å². The monoisotopic (exact) mass is 468 g/mol. The minimum atomic E-state index is -0.399. The normalized spacial score (nSPS) is 19.0. The summed E-state index contributed by atoms with van der Waals surface area (Å²) >= 11 is 12.9. The Hall–Kier alpha value is -2.89. The first kappa shape index (κ1) is 21.0. The zero-order valence-electron chi connectivity index (χ0n) is 17.9. The number of halogens is 2. The van der Waals surface area contributed by atoms with E-state index in [1.807, 2.05) is 29.3 Å². The zero-order chi connectivity index (χ0) is 22.4. The first-order chi connectivity index (χ1) is 15.5. The second-order valence-electron chi connectivity index (χ2n) is 7.90. The quantitative estimate of drug-likeness (QED) is 0.434. The van der Waals surface area contributed by atoms with E-state index in [2.05, 4.69) is 31.2 Å². The second kappa shape index (κ2) is 8.23. The van der Waals surface area contributed by atoms with E-state index in [9.17, 15) is 0 Å². The molecule has 5 rings (SSSR count). The molecule has 3 aromatic carbocycles. The van der Waals surface area contributed by atoms with Gasteiger partial charge >= 0.3 is 0 Å². The Morgan fingerprint density at radius 1 is 0.969 bits per heavy atom. The van der Waals surface area contributed by atoms with Crippen molar-refractivity contribution in [3.63, 3.8) is 0 Å². The summed E-state index contributed by atoms with van der Waals surface area (Å²) in [4.78, 5) is 0. The van der Waals surface area contributed by atoms with Gasteiger partial charge in [-0.2, -0.15) is 5.10 Å². The number of hydrazone groups is 1. The molecule has 0 saturated carbocycles. The predicted octanol–water partition coefficient (Wildman–Crippen LogP) is 6.56. The second-order valence-corrected chi connectivity index (χ2v) is 8.75. The molecule has 0 aromatic heterocycles. The van der Waals surface area contributed by atoms with Gasteiger partial charge in [0.15, 0.2) is 11.5 Å². The van der Waals surface area contributed by atoms with Crippen molar-refractivity contribution >= 4 is 28.9 Å². The van der Waals surface area contributed by atoms with Crippen molar-refractivity contribution < 1.29 is 14.2 Å². The molecule has 164 valence electrons. The van der Waals surface area contributed by atoms with Crippen LogP contribution in [0.2, 0.25) is 10.0 Å². The van der Waals surface area contributed by atoms with Crippen molar-refractivity contribution in [2.45, 2.75) is 25.6 Å². The highest BCUT2D eigenvalue weighted by Gasteiger charge is 2.42. The Morgan fingerprint density at radius 3 is 2.44 bits per heavy atom. The highest BCUT2D eigenvalue weighted by Crippen LogP contribution is 2.51. The molecule has 0 spiro atoms. The van der Waals surface area contributed by atoms with E-state index < -0.39 is 6.23 Å². The van der Waals surface area contributed by atoms with Gasteiger partial charge in [0.25, 0.3) is 0 Å². The van der Waals surface area contributed by atoms with Crippen LogP contribution in [0.25, 0.3) is 0 Å². The van der Waals surface area contributed by atoms with Crippen LogP contribution in [0.3, 0.4) is 0 Å². The van der Waals surface area contributed by atoms with E-state index >= 15 is 0 Å². The molecule has 0 bridgehead atoms. The molecule has 0 saturated heterocycles. The van der Waals surface area contributed by atoms with Gasteiger partial charge in [0.05, 0.1) is 31.0 Å². The summed E-state index contributed by atoms with van der Waals surface area (Å²) in [5, 5.41) is 8.08. The summed E-state index contributed by atoms with van der Waals surface area (Å²) in [5.41, 5.74) is 5.02. The van der Waals surface area contributed by atoms with Gasteiger partial charge in [0, 0.05) is 28.1 Å². The lowest BCUT2D eigenvalue weighted by Gasteiger charge is -2.38. The molecule has 0 unspecified atom stereocenters. The Kier molecular flexibility index (Phi) is 5.39. The van der Waals surface area contributed by atoms with E-state index in [1.165, 1.54) is 5.56 Å².